The van der Waals surface area contributed by atoms with Gasteiger partial charge in [-0.15, -0.1) is 0 Å². The standard InChI is InChI=1S/C58H41N/c1-58(48-19-3-2-4-20-48)54-25-10-9-23-53(54)57-55(58)26-13-27-56(57)59(49-36-34-44(35-37-49)52-24-12-17-43-15-7-8-22-51(43)52)50-21-11-18-46(39-50)41-28-30-42(31-29-41)47-33-32-40-14-5-6-16-45(40)38-47/h2-39H,1H3. The summed E-state index contributed by atoms with van der Waals surface area (Å²) < 4.78 is 0. The number of benzene rings is 10. The van der Waals surface area contributed by atoms with Crippen LogP contribution < -0.4 is 4.90 Å². The second kappa shape index (κ2) is 14.2. The Morgan fingerprint density at radius 3 is 1.73 bits per heavy atom. The lowest BCUT2D eigenvalue weighted by Gasteiger charge is -2.31. The predicted octanol–water partition coefficient (Wildman–Crippen LogP) is 15.8. The maximum absolute atomic E-state index is 2.46. The smallest absolute Gasteiger partial charge is 0.0543 e. The lowest BCUT2D eigenvalue weighted by molar-refractivity contribution is 0.714. The van der Waals surface area contributed by atoms with Crippen LogP contribution in [-0.2, 0) is 5.41 Å². The lowest BCUT2D eigenvalue weighted by atomic mass is 9.74. The van der Waals surface area contributed by atoms with E-state index in [1.54, 1.807) is 0 Å². The SMILES string of the molecule is CC1(c2ccccc2)c2ccccc2-c2c(N(c3ccc(-c4cccc5ccccc45)cc3)c3cccc(-c4ccc(-c5ccc6ccccc6c5)cc4)c3)cccc21. The highest BCUT2D eigenvalue weighted by Gasteiger charge is 2.42. The van der Waals surface area contributed by atoms with E-state index in [0.29, 0.717) is 0 Å². The molecule has 0 spiro atoms. The summed E-state index contributed by atoms with van der Waals surface area (Å²) in [5, 5.41) is 5.02. The number of rotatable bonds is 7. The zero-order valence-corrected chi connectivity index (χ0v) is 32.9. The van der Waals surface area contributed by atoms with Crippen molar-refractivity contribution in [2.45, 2.75) is 12.3 Å². The third-order valence-corrected chi connectivity index (χ3v) is 12.5. The van der Waals surface area contributed by atoms with E-state index in [1.807, 2.05) is 0 Å². The molecule has 0 saturated heterocycles. The van der Waals surface area contributed by atoms with Gasteiger partial charge < -0.3 is 4.90 Å². The van der Waals surface area contributed by atoms with Gasteiger partial charge in [0, 0.05) is 22.4 Å². The molecule has 0 fully saturated rings. The van der Waals surface area contributed by atoms with E-state index in [9.17, 15) is 0 Å². The van der Waals surface area contributed by atoms with Gasteiger partial charge in [-0.05, 0) is 121 Å². The molecule has 278 valence electrons. The van der Waals surface area contributed by atoms with Gasteiger partial charge in [0.05, 0.1) is 5.69 Å². The average molecular weight is 752 g/mol. The first-order valence-electron chi connectivity index (χ1n) is 20.5. The fourth-order valence-electron chi connectivity index (χ4n) is 9.53. The summed E-state index contributed by atoms with van der Waals surface area (Å²) in [4.78, 5) is 2.46. The molecular formula is C58H41N. The summed E-state index contributed by atoms with van der Waals surface area (Å²) in [6, 6.07) is 84.6. The lowest BCUT2D eigenvalue weighted by Crippen LogP contribution is -2.22. The van der Waals surface area contributed by atoms with Crippen LogP contribution in [-0.4, -0.2) is 0 Å². The molecule has 1 heteroatoms. The summed E-state index contributed by atoms with van der Waals surface area (Å²) in [6.07, 6.45) is 0. The normalized spacial score (nSPS) is 14.3. The molecule has 1 unspecified atom stereocenters. The van der Waals surface area contributed by atoms with Crippen LogP contribution in [0.15, 0.2) is 231 Å². The van der Waals surface area contributed by atoms with E-state index in [0.717, 1.165) is 17.1 Å². The Kier molecular flexibility index (Phi) is 8.34. The van der Waals surface area contributed by atoms with Gasteiger partial charge in [-0.1, -0.05) is 194 Å². The monoisotopic (exact) mass is 751 g/mol. The largest absolute Gasteiger partial charge is 0.310 e. The van der Waals surface area contributed by atoms with Gasteiger partial charge in [-0.25, -0.2) is 0 Å². The Balaban J connectivity index is 1.06. The number of nitrogens with zero attached hydrogens (tertiary/aromatic N) is 1. The van der Waals surface area contributed by atoms with Crippen molar-refractivity contribution in [1.29, 1.82) is 0 Å². The zero-order valence-electron chi connectivity index (χ0n) is 32.9. The highest BCUT2D eigenvalue weighted by atomic mass is 15.1. The van der Waals surface area contributed by atoms with Crippen LogP contribution in [0.2, 0.25) is 0 Å². The van der Waals surface area contributed by atoms with Gasteiger partial charge in [0.1, 0.15) is 0 Å². The Bertz CT molecular complexity index is 3150. The summed E-state index contributed by atoms with van der Waals surface area (Å²) in [6.45, 7) is 2.39. The number of anilines is 3. The molecule has 1 nitrogen and oxygen atoms in total. The molecule has 1 aliphatic rings. The molecule has 1 aliphatic carbocycles. The van der Waals surface area contributed by atoms with Crippen molar-refractivity contribution in [3.8, 4) is 44.5 Å². The van der Waals surface area contributed by atoms with Gasteiger partial charge in [0.15, 0.2) is 0 Å². The van der Waals surface area contributed by atoms with Crippen molar-refractivity contribution >= 4 is 38.6 Å². The second-order valence-electron chi connectivity index (χ2n) is 15.8. The van der Waals surface area contributed by atoms with Crippen LogP contribution in [0.1, 0.15) is 23.6 Å². The third-order valence-electron chi connectivity index (χ3n) is 12.5. The van der Waals surface area contributed by atoms with Crippen LogP contribution >= 0.6 is 0 Å². The van der Waals surface area contributed by atoms with E-state index < -0.39 is 0 Å². The van der Waals surface area contributed by atoms with E-state index in [1.165, 1.54) is 82.7 Å². The van der Waals surface area contributed by atoms with Crippen molar-refractivity contribution in [3.63, 3.8) is 0 Å². The molecule has 0 saturated carbocycles. The average Bonchev–Trinajstić information content (AvgIpc) is 3.58. The summed E-state index contributed by atoms with van der Waals surface area (Å²) in [5.74, 6) is 0. The van der Waals surface area contributed by atoms with Gasteiger partial charge >= 0.3 is 0 Å². The molecule has 0 heterocycles. The molecule has 10 aromatic rings. The van der Waals surface area contributed by atoms with Crippen LogP contribution in [0.4, 0.5) is 17.1 Å². The van der Waals surface area contributed by atoms with Crippen LogP contribution in [0.3, 0.4) is 0 Å². The maximum Gasteiger partial charge on any atom is 0.0543 e. The molecule has 0 amide bonds. The highest BCUT2D eigenvalue weighted by Crippen LogP contribution is 2.56. The van der Waals surface area contributed by atoms with Gasteiger partial charge in [0.2, 0.25) is 0 Å². The molecule has 0 aliphatic heterocycles. The fourth-order valence-corrected chi connectivity index (χ4v) is 9.53. The Labute approximate surface area is 346 Å². The van der Waals surface area contributed by atoms with E-state index >= 15 is 0 Å². The van der Waals surface area contributed by atoms with E-state index in [2.05, 4.69) is 242 Å². The maximum atomic E-state index is 2.46. The Morgan fingerprint density at radius 1 is 0.339 bits per heavy atom. The van der Waals surface area contributed by atoms with Gasteiger partial charge in [-0.2, -0.15) is 0 Å². The third kappa shape index (κ3) is 5.86. The summed E-state index contributed by atoms with van der Waals surface area (Å²) >= 11 is 0. The second-order valence-corrected chi connectivity index (χ2v) is 15.8. The molecule has 0 radical (unpaired) electrons. The zero-order chi connectivity index (χ0) is 39.3. The van der Waals surface area contributed by atoms with Crippen LogP contribution in [0, 0.1) is 0 Å². The fraction of sp³-hybridized carbons (Fsp3) is 0.0345. The minimum absolute atomic E-state index is 0.304. The van der Waals surface area contributed by atoms with Crippen molar-refractivity contribution in [1.82, 2.24) is 0 Å². The molecule has 0 N–H and O–H groups in total. The van der Waals surface area contributed by atoms with Crippen LogP contribution in [0.25, 0.3) is 66.1 Å². The Morgan fingerprint density at radius 2 is 0.915 bits per heavy atom. The first kappa shape index (κ1) is 34.7. The molecular weight excluding hydrogens is 711 g/mol. The van der Waals surface area contributed by atoms with Gasteiger partial charge in [0.25, 0.3) is 0 Å². The molecule has 0 aromatic heterocycles. The molecule has 11 rings (SSSR count). The topological polar surface area (TPSA) is 3.24 Å². The quantitative estimate of drug-likeness (QED) is 0.157. The molecule has 0 bridgehead atoms. The van der Waals surface area contributed by atoms with Crippen molar-refractivity contribution < 1.29 is 0 Å². The minimum atomic E-state index is -0.304. The predicted molar refractivity (Wildman–Crippen MR) is 250 cm³/mol. The summed E-state index contributed by atoms with van der Waals surface area (Å²) in [7, 11) is 0. The molecule has 59 heavy (non-hydrogen) atoms. The molecule has 10 aromatic carbocycles. The summed E-state index contributed by atoms with van der Waals surface area (Å²) in [5.41, 5.74) is 16.8. The highest BCUT2D eigenvalue weighted by molar-refractivity contribution is 5.99. The minimum Gasteiger partial charge on any atom is -0.310 e. The van der Waals surface area contributed by atoms with Crippen molar-refractivity contribution in [2.24, 2.45) is 0 Å². The van der Waals surface area contributed by atoms with E-state index in [-0.39, 0.29) is 5.41 Å². The molecule has 1 atom stereocenters. The Hall–Kier alpha value is -7.48. The van der Waals surface area contributed by atoms with E-state index in [4.69, 9.17) is 0 Å². The number of fused-ring (bicyclic) bond motifs is 5. The first-order chi connectivity index (χ1) is 29.1. The van der Waals surface area contributed by atoms with Crippen molar-refractivity contribution in [3.05, 3.63) is 247 Å². The van der Waals surface area contributed by atoms with Crippen LogP contribution in [0.5, 0.6) is 0 Å². The van der Waals surface area contributed by atoms with Crippen molar-refractivity contribution in [2.75, 3.05) is 4.90 Å². The van der Waals surface area contributed by atoms with Gasteiger partial charge in [-0.3, -0.25) is 0 Å². The first-order valence-corrected chi connectivity index (χ1v) is 20.5. The number of hydrogen-bond donors (Lipinski definition) is 0. The number of hydrogen-bond acceptors (Lipinski definition) is 1.